The molecule has 1 unspecified atom stereocenters. The van der Waals surface area contributed by atoms with Gasteiger partial charge in [-0.25, -0.2) is 4.39 Å². The summed E-state index contributed by atoms with van der Waals surface area (Å²) in [6, 6.07) is 13.6. The maximum absolute atomic E-state index is 13.3. The molecule has 0 aliphatic carbocycles. The number of nitrogens with zero attached hydrogens (tertiary/aromatic N) is 1. The molecule has 0 fully saturated rings. The van der Waals surface area contributed by atoms with Gasteiger partial charge in [0.25, 0.3) is 0 Å². The molecule has 0 spiro atoms. The molecule has 0 aliphatic heterocycles. The monoisotopic (exact) mass is 288 g/mol. The van der Waals surface area contributed by atoms with Crippen LogP contribution in [0.5, 0.6) is 0 Å². The highest BCUT2D eigenvalue weighted by molar-refractivity contribution is 6.30. The summed E-state index contributed by atoms with van der Waals surface area (Å²) in [5, 5.41) is 12.9. The van der Waals surface area contributed by atoms with Crippen LogP contribution in [-0.4, -0.2) is 0 Å². The molecule has 0 saturated carbocycles. The molecule has 0 saturated heterocycles. The molecule has 0 heterocycles. The molecule has 0 bridgehead atoms. The Bertz CT molecular complexity index is 649. The van der Waals surface area contributed by atoms with E-state index in [-0.39, 0.29) is 11.9 Å². The van der Waals surface area contributed by atoms with E-state index in [1.54, 1.807) is 24.3 Å². The van der Waals surface area contributed by atoms with Gasteiger partial charge in [-0.2, -0.15) is 5.26 Å². The molecule has 2 rings (SSSR count). The van der Waals surface area contributed by atoms with Gasteiger partial charge in [-0.3, -0.25) is 0 Å². The van der Waals surface area contributed by atoms with Gasteiger partial charge in [0.1, 0.15) is 11.9 Å². The summed E-state index contributed by atoms with van der Waals surface area (Å²) in [5.41, 5.74) is 2.02. The molecule has 20 heavy (non-hydrogen) atoms. The van der Waals surface area contributed by atoms with Crippen LogP contribution in [0.4, 0.5) is 10.1 Å². The lowest BCUT2D eigenvalue weighted by Crippen LogP contribution is -2.11. The summed E-state index contributed by atoms with van der Waals surface area (Å²) in [5.74, 6) is -0.269. The second kappa shape index (κ2) is 6.40. The summed E-state index contributed by atoms with van der Waals surface area (Å²) in [6.07, 6.45) is 0.765. The fourth-order valence-corrected chi connectivity index (χ4v) is 2.24. The average molecular weight is 289 g/mol. The van der Waals surface area contributed by atoms with Gasteiger partial charge < -0.3 is 5.32 Å². The zero-order valence-corrected chi connectivity index (χ0v) is 11.8. The van der Waals surface area contributed by atoms with Crippen LogP contribution in [-0.2, 0) is 0 Å². The first-order valence-corrected chi connectivity index (χ1v) is 6.73. The lowest BCUT2D eigenvalue weighted by molar-refractivity contribution is 0.621. The number of halogens is 2. The molecule has 1 atom stereocenters. The van der Waals surface area contributed by atoms with Crippen LogP contribution in [0.2, 0.25) is 5.02 Å². The SMILES string of the molecule is CCC(Nc1cc(Cl)ccc1C#N)c1cccc(F)c1. The summed E-state index contributed by atoms with van der Waals surface area (Å²) in [6.45, 7) is 2.00. The summed E-state index contributed by atoms with van der Waals surface area (Å²) in [4.78, 5) is 0. The van der Waals surface area contributed by atoms with Crippen LogP contribution in [0.1, 0.15) is 30.5 Å². The molecule has 1 N–H and O–H groups in total. The third-order valence-electron chi connectivity index (χ3n) is 3.09. The molecule has 102 valence electrons. The predicted molar refractivity (Wildman–Crippen MR) is 79.2 cm³/mol. The van der Waals surface area contributed by atoms with Crippen LogP contribution >= 0.6 is 11.6 Å². The molecule has 2 aromatic carbocycles. The minimum atomic E-state index is -0.269. The highest BCUT2D eigenvalue weighted by Gasteiger charge is 2.12. The van der Waals surface area contributed by atoms with Gasteiger partial charge in [0, 0.05) is 5.02 Å². The highest BCUT2D eigenvalue weighted by Crippen LogP contribution is 2.27. The van der Waals surface area contributed by atoms with E-state index in [1.165, 1.54) is 12.1 Å². The second-order valence-corrected chi connectivity index (χ2v) is 4.90. The Labute approximate surface area is 122 Å². The largest absolute Gasteiger partial charge is 0.377 e. The molecule has 2 nitrogen and oxygen atoms in total. The highest BCUT2D eigenvalue weighted by atomic mass is 35.5. The molecule has 0 amide bonds. The van der Waals surface area contributed by atoms with Gasteiger partial charge in [-0.1, -0.05) is 30.7 Å². The quantitative estimate of drug-likeness (QED) is 0.867. The number of rotatable bonds is 4. The molecule has 4 heteroatoms. The molecule has 2 aromatic rings. The normalized spacial score (nSPS) is 11.7. The maximum Gasteiger partial charge on any atom is 0.123 e. The van der Waals surface area contributed by atoms with Crippen molar-refractivity contribution in [3.05, 3.63) is 64.4 Å². The summed E-state index contributed by atoms with van der Waals surface area (Å²) >= 11 is 5.96. The van der Waals surface area contributed by atoms with Gasteiger partial charge in [0.05, 0.1) is 17.3 Å². The Morgan fingerprint density at radius 3 is 2.75 bits per heavy atom. The van der Waals surface area contributed by atoms with Gasteiger partial charge in [0.2, 0.25) is 0 Å². The first-order chi connectivity index (χ1) is 9.63. The third-order valence-corrected chi connectivity index (χ3v) is 3.33. The first-order valence-electron chi connectivity index (χ1n) is 6.35. The van der Waals surface area contributed by atoms with Gasteiger partial charge in [-0.05, 0) is 42.3 Å². The predicted octanol–water partition coefficient (Wildman–Crippen LogP) is 4.91. The lowest BCUT2D eigenvalue weighted by Gasteiger charge is -2.20. The van der Waals surface area contributed by atoms with E-state index in [0.29, 0.717) is 16.3 Å². The van der Waals surface area contributed by atoms with Crippen LogP contribution in [0.15, 0.2) is 42.5 Å². The standard InChI is InChI=1S/C16H14ClFN2/c1-2-15(11-4-3-5-14(18)8-11)20-16-9-13(17)7-6-12(16)10-19/h3-9,15,20H,2H2,1H3. The van der Waals surface area contributed by atoms with E-state index in [9.17, 15) is 4.39 Å². The molecular formula is C16H14ClFN2. The van der Waals surface area contributed by atoms with Crippen molar-refractivity contribution in [1.82, 2.24) is 0 Å². The Hall–Kier alpha value is -2.05. The molecule has 0 aromatic heterocycles. The van der Waals surface area contributed by atoms with E-state index >= 15 is 0 Å². The average Bonchev–Trinajstić information content (AvgIpc) is 2.45. The smallest absolute Gasteiger partial charge is 0.123 e. The minimum Gasteiger partial charge on any atom is -0.377 e. The van der Waals surface area contributed by atoms with Crippen molar-refractivity contribution in [2.24, 2.45) is 0 Å². The summed E-state index contributed by atoms with van der Waals surface area (Å²) in [7, 11) is 0. The number of nitriles is 1. The van der Waals surface area contributed by atoms with Crippen molar-refractivity contribution in [3.63, 3.8) is 0 Å². The van der Waals surface area contributed by atoms with Gasteiger partial charge in [0.15, 0.2) is 0 Å². The maximum atomic E-state index is 13.3. The number of nitrogens with one attached hydrogen (secondary N) is 1. The van der Waals surface area contributed by atoms with E-state index in [0.717, 1.165) is 12.0 Å². The number of benzene rings is 2. The van der Waals surface area contributed by atoms with E-state index < -0.39 is 0 Å². The fraction of sp³-hybridized carbons (Fsp3) is 0.188. The number of anilines is 1. The number of hydrogen-bond acceptors (Lipinski definition) is 2. The Morgan fingerprint density at radius 1 is 1.30 bits per heavy atom. The van der Waals surface area contributed by atoms with Crippen molar-refractivity contribution in [2.45, 2.75) is 19.4 Å². The molecule has 0 aliphatic rings. The van der Waals surface area contributed by atoms with E-state index in [4.69, 9.17) is 16.9 Å². The second-order valence-electron chi connectivity index (χ2n) is 4.46. The third kappa shape index (κ3) is 3.28. The minimum absolute atomic E-state index is 0.0729. The Kier molecular flexibility index (Phi) is 4.60. The molecular weight excluding hydrogens is 275 g/mol. The van der Waals surface area contributed by atoms with Crippen molar-refractivity contribution in [3.8, 4) is 6.07 Å². The van der Waals surface area contributed by atoms with Crippen LogP contribution in [0.25, 0.3) is 0 Å². The van der Waals surface area contributed by atoms with Crippen molar-refractivity contribution in [1.29, 1.82) is 5.26 Å². The van der Waals surface area contributed by atoms with E-state index in [1.807, 2.05) is 13.0 Å². The zero-order valence-electron chi connectivity index (χ0n) is 11.0. The Balaban J connectivity index is 2.31. The van der Waals surface area contributed by atoms with Gasteiger partial charge >= 0.3 is 0 Å². The van der Waals surface area contributed by atoms with Crippen molar-refractivity contribution < 1.29 is 4.39 Å². The van der Waals surface area contributed by atoms with Crippen LogP contribution in [0.3, 0.4) is 0 Å². The fourth-order valence-electron chi connectivity index (χ4n) is 2.07. The summed E-state index contributed by atoms with van der Waals surface area (Å²) < 4.78 is 13.3. The molecule has 0 radical (unpaired) electrons. The zero-order chi connectivity index (χ0) is 14.5. The van der Waals surface area contributed by atoms with Crippen molar-refractivity contribution >= 4 is 17.3 Å². The van der Waals surface area contributed by atoms with E-state index in [2.05, 4.69) is 11.4 Å². The van der Waals surface area contributed by atoms with Crippen LogP contribution < -0.4 is 5.32 Å². The number of hydrogen-bond donors (Lipinski definition) is 1. The Morgan fingerprint density at radius 2 is 2.10 bits per heavy atom. The first kappa shape index (κ1) is 14.4. The van der Waals surface area contributed by atoms with Crippen molar-refractivity contribution in [2.75, 3.05) is 5.32 Å². The van der Waals surface area contributed by atoms with Gasteiger partial charge in [-0.15, -0.1) is 0 Å². The topological polar surface area (TPSA) is 35.8 Å². The lowest BCUT2D eigenvalue weighted by atomic mass is 10.0. The van der Waals surface area contributed by atoms with Crippen LogP contribution in [0, 0.1) is 17.1 Å².